The van der Waals surface area contributed by atoms with Crippen LogP contribution in [-0.2, 0) is 6.54 Å². The van der Waals surface area contributed by atoms with Gasteiger partial charge in [-0.25, -0.2) is 23.6 Å². The van der Waals surface area contributed by atoms with Crippen LogP contribution in [0.4, 0.5) is 15.9 Å². The van der Waals surface area contributed by atoms with Crippen molar-refractivity contribution >= 4 is 34.8 Å². The van der Waals surface area contributed by atoms with Crippen LogP contribution in [0.15, 0.2) is 73.2 Å². The quantitative estimate of drug-likeness (QED) is 0.234. The SMILES string of the molecule is COc1cc(OC)c(F)c(N(Cc2nccn2SN(C)C)c2ccc3ncc(-c4ccccc4)nc3n2)c1. The highest BCUT2D eigenvalue weighted by Gasteiger charge is 2.23. The Hall–Kier alpha value is -4.22. The van der Waals surface area contributed by atoms with Gasteiger partial charge in [-0.2, -0.15) is 0 Å². The Morgan fingerprint density at radius 3 is 2.53 bits per heavy atom. The molecule has 0 amide bonds. The van der Waals surface area contributed by atoms with E-state index >= 15 is 4.39 Å². The van der Waals surface area contributed by atoms with Crippen molar-refractivity contribution in [2.24, 2.45) is 0 Å². The first-order valence-electron chi connectivity index (χ1n) is 11.7. The molecule has 3 aromatic heterocycles. The number of ether oxygens (including phenoxy) is 2. The number of methoxy groups -OCH3 is 2. The molecule has 0 bridgehead atoms. The van der Waals surface area contributed by atoms with Crippen molar-refractivity contribution in [1.29, 1.82) is 0 Å². The van der Waals surface area contributed by atoms with E-state index in [0.717, 1.165) is 5.56 Å². The Balaban J connectivity index is 1.65. The van der Waals surface area contributed by atoms with Crippen LogP contribution in [0.1, 0.15) is 5.82 Å². The Bertz CT molecular complexity index is 1560. The smallest absolute Gasteiger partial charge is 0.188 e. The lowest BCUT2D eigenvalue weighted by Crippen LogP contribution is -2.22. The lowest BCUT2D eigenvalue weighted by molar-refractivity contribution is 0.374. The number of pyridine rings is 1. The fourth-order valence-electron chi connectivity index (χ4n) is 3.92. The maximum absolute atomic E-state index is 15.7. The Labute approximate surface area is 224 Å². The molecule has 0 spiro atoms. The molecule has 38 heavy (non-hydrogen) atoms. The molecular weight excluding hydrogens is 505 g/mol. The minimum atomic E-state index is -0.544. The van der Waals surface area contributed by atoms with Crippen LogP contribution in [0.25, 0.3) is 22.4 Å². The Morgan fingerprint density at radius 1 is 0.974 bits per heavy atom. The largest absolute Gasteiger partial charge is 0.497 e. The highest BCUT2D eigenvalue weighted by atomic mass is 32.2. The molecule has 0 N–H and O–H groups in total. The zero-order chi connectivity index (χ0) is 26.6. The molecule has 0 fully saturated rings. The van der Waals surface area contributed by atoms with Gasteiger partial charge in [-0.3, -0.25) is 8.96 Å². The lowest BCUT2D eigenvalue weighted by atomic mass is 10.2. The highest BCUT2D eigenvalue weighted by Crippen LogP contribution is 2.37. The number of nitrogens with zero attached hydrogens (tertiary/aromatic N) is 7. The van der Waals surface area contributed by atoms with E-state index in [1.807, 2.05) is 65.0 Å². The second kappa shape index (κ2) is 11.0. The number of halogens is 1. The normalized spacial score (nSPS) is 11.2. The van der Waals surface area contributed by atoms with Gasteiger partial charge in [0.2, 0.25) is 0 Å². The monoisotopic (exact) mass is 531 g/mol. The minimum Gasteiger partial charge on any atom is -0.497 e. The summed E-state index contributed by atoms with van der Waals surface area (Å²) in [7, 11) is 6.82. The third kappa shape index (κ3) is 5.24. The summed E-state index contributed by atoms with van der Waals surface area (Å²) in [5.41, 5.74) is 2.92. The molecule has 0 atom stereocenters. The molecule has 0 aliphatic carbocycles. The predicted molar refractivity (Wildman–Crippen MR) is 147 cm³/mol. The number of benzene rings is 2. The number of hydrogen-bond donors (Lipinski definition) is 0. The molecule has 0 aliphatic rings. The van der Waals surface area contributed by atoms with Crippen molar-refractivity contribution in [3.63, 3.8) is 0 Å². The first kappa shape index (κ1) is 25.4. The van der Waals surface area contributed by atoms with Crippen LogP contribution in [0.5, 0.6) is 11.5 Å². The number of hydrogen-bond acceptors (Lipinski definition) is 9. The van der Waals surface area contributed by atoms with E-state index < -0.39 is 5.82 Å². The van der Waals surface area contributed by atoms with Gasteiger partial charge in [-0.15, -0.1) is 0 Å². The van der Waals surface area contributed by atoms with Crippen molar-refractivity contribution in [2.45, 2.75) is 6.54 Å². The molecule has 0 radical (unpaired) electrons. The molecule has 3 heterocycles. The van der Waals surface area contributed by atoms with E-state index in [-0.39, 0.29) is 18.0 Å². The van der Waals surface area contributed by atoms with Gasteiger partial charge in [0.15, 0.2) is 17.2 Å². The molecule has 5 aromatic rings. The fourth-order valence-corrected chi connectivity index (χ4v) is 4.58. The molecule has 194 valence electrons. The Kier molecular flexibility index (Phi) is 7.38. The third-order valence-corrected chi connectivity index (χ3v) is 6.54. The fraction of sp³-hybridized carbons (Fsp3) is 0.185. The van der Waals surface area contributed by atoms with Gasteiger partial charge in [0, 0.05) is 42.2 Å². The molecule has 2 aromatic carbocycles. The van der Waals surface area contributed by atoms with Crippen LogP contribution in [0.2, 0.25) is 0 Å². The number of rotatable bonds is 9. The average Bonchev–Trinajstić information content (AvgIpc) is 3.37. The van der Waals surface area contributed by atoms with Gasteiger partial charge in [0.1, 0.15) is 22.9 Å². The first-order valence-corrected chi connectivity index (χ1v) is 12.5. The molecule has 9 nitrogen and oxygen atoms in total. The van der Waals surface area contributed by atoms with Gasteiger partial charge in [0.05, 0.1) is 38.3 Å². The second-order valence-electron chi connectivity index (χ2n) is 8.45. The van der Waals surface area contributed by atoms with Crippen molar-refractivity contribution < 1.29 is 13.9 Å². The van der Waals surface area contributed by atoms with Gasteiger partial charge in [-0.1, -0.05) is 30.3 Å². The van der Waals surface area contributed by atoms with E-state index in [1.165, 1.54) is 32.4 Å². The summed E-state index contributed by atoms with van der Waals surface area (Å²) in [5, 5.41) is 0. The van der Waals surface area contributed by atoms with E-state index in [1.54, 1.807) is 29.4 Å². The average molecular weight is 532 g/mol. The zero-order valence-corrected chi connectivity index (χ0v) is 22.2. The third-order valence-electron chi connectivity index (χ3n) is 5.71. The van der Waals surface area contributed by atoms with Gasteiger partial charge in [0.25, 0.3) is 0 Å². The summed E-state index contributed by atoms with van der Waals surface area (Å²) < 4.78 is 30.3. The summed E-state index contributed by atoms with van der Waals surface area (Å²) in [6.45, 7) is 0.214. The molecule has 0 saturated heterocycles. The Morgan fingerprint density at radius 2 is 1.79 bits per heavy atom. The maximum Gasteiger partial charge on any atom is 0.188 e. The standard InChI is InChI=1S/C27H26FN7O2S/c1-33(2)38-35-13-12-29-25(35)17-34(22-14-19(36-3)15-23(37-4)26(22)28)24-11-10-20-27(32-24)31-21(16-30-20)18-8-6-5-7-9-18/h5-16H,17H2,1-4H3. The van der Waals surface area contributed by atoms with Gasteiger partial charge >= 0.3 is 0 Å². The minimum absolute atomic E-state index is 0.0577. The highest BCUT2D eigenvalue weighted by molar-refractivity contribution is 7.95. The van der Waals surface area contributed by atoms with Crippen molar-refractivity contribution in [2.75, 3.05) is 33.2 Å². The lowest BCUT2D eigenvalue weighted by Gasteiger charge is -2.26. The molecular formula is C27H26FN7O2S. The summed E-state index contributed by atoms with van der Waals surface area (Å²) in [6, 6.07) is 16.5. The van der Waals surface area contributed by atoms with Crippen LogP contribution < -0.4 is 14.4 Å². The predicted octanol–water partition coefficient (Wildman–Crippen LogP) is 5.36. The summed E-state index contributed by atoms with van der Waals surface area (Å²) >= 11 is 1.46. The van der Waals surface area contributed by atoms with Crippen molar-refractivity contribution in [3.8, 4) is 22.8 Å². The molecule has 11 heteroatoms. The maximum atomic E-state index is 15.7. The summed E-state index contributed by atoms with van der Waals surface area (Å²) in [5.74, 6) is 1.12. The van der Waals surface area contributed by atoms with E-state index in [9.17, 15) is 0 Å². The van der Waals surface area contributed by atoms with Gasteiger partial charge < -0.3 is 14.4 Å². The summed E-state index contributed by atoms with van der Waals surface area (Å²) in [6.07, 6.45) is 5.28. The number of imidazole rings is 1. The van der Waals surface area contributed by atoms with E-state index in [4.69, 9.17) is 19.4 Å². The second-order valence-corrected chi connectivity index (χ2v) is 9.73. The van der Waals surface area contributed by atoms with Crippen molar-refractivity contribution in [1.82, 2.24) is 28.2 Å². The number of aromatic nitrogens is 5. The molecule has 5 rings (SSSR count). The van der Waals surface area contributed by atoms with Crippen LogP contribution in [-0.4, -0.2) is 56.5 Å². The summed E-state index contributed by atoms with van der Waals surface area (Å²) in [4.78, 5) is 20.4. The topological polar surface area (TPSA) is 81.4 Å². The van der Waals surface area contributed by atoms with Crippen molar-refractivity contribution in [3.05, 3.63) is 84.8 Å². The van der Waals surface area contributed by atoms with Crippen LogP contribution in [0.3, 0.4) is 0 Å². The molecule has 0 saturated carbocycles. The molecule has 0 unspecified atom stereocenters. The van der Waals surface area contributed by atoms with E-state index in [2.05, 4.69) is 9.97 Å². The van der Waals surface area contributed by atoms with E-state index in [0.29, 0.717) is 34.2 Å². The van der Waals surface area contributed by atoms with Crippen LogP contribution in [0, 0.1) is 5.82 Å². The van der Waals surface area contributed by atoms with Gasteiger partial charge in [-0.05, 0) is 26.2 Å². The first-order chi connectivity index (χ1) is 18.5. The molecule has 0 aliphatic heterocycles. The van der Waals surface area contributed by atoms with Crippen LogP contribution >= 0.6 is 12.1 Å². The number of anilines is 2. The number of fused-ring (bicyclic) bond motifs is 1. The zero-order valence-electron chi connectivity index (χ0n) is 21.4.